The van der Waals surface area contributed by atoms with E-state index in [9.17, 15) is 0 Å². The molecule has 0 heterocycles. The van der Waals surface area contributed by atoms with Crippen molar-refractivity contribution in [2.45, 2.75) is 13.3 Å². The van der Waals surface area contributed by atoms with E-state index in [4.69, 9.17) is 5.11 Å². The lowest BCUT2D eigenvalue weighted by atomic mass is 10.5. The first-order valence-corrected chi connectivity index (χ1v) is 1.86. The van der Waals surface area contributed by atoms with E-state index in [0.29, 0.717) is 0 Å². The molecule has 0 bridgehead atoms. The molecule has 0 aliphatic heterocycles. The molecule has 0 atom stereocenters. The van der Waals surface area contributed by atoms with E-state index < -0.39 is 0 Å². The van der Waals surface area contributed by atoms with Crippen LogP contribution >= 0.6 is 0 Å². The van der Waals surface area contributed by atoms with Crippen LogP contribution in [0.5, 0.6) is 0 Å². The molecule has 0 amide bonds. The van der Waals surface area contributed by atoms with Gasteiger partial charge in [0.25, 0.3) is 0 Å². The van der Waals surface area contributed by atoms with Gasteiger partial charge in [0, 0.05) is 6.42 Å². The van der Waals surface area contributed by atoms with Gasteiger partial charge in [-0.3, -0.25) is 0 Å². The van der Waals surface area contributed by atoms with E-state index >= 15 is 0 Å². The fourth-order valence-corrected chi connectivity index (χ4v) is 0.148. The van der Waals surface area contributed by atoms with Crippen molar-refractivity contribution in [2.24, 2.45) is 0 Å². The summed E-state index contributed by atoms with van der Waals surface area (Å²) < 4.78 is 0. The highest BCUT2D eigenvalue weighted by molar-refractivity contribution is 5.03. The quantitative estimate of drug-likeness (QED) is 0.432. The van der Waals surface area contributed by atoms with Crippen LogP contribution in [0.15, 0.2) is 0 Å². The second kappa shape index (κ2) is 4.52. The van der Waals surface area contributed by atoms with Crippen molar-refractivity contribution >= 4 is 0 Å². The molecule has 0 saturated heterocycles. The normalized spacial score (nSPS) is 6.33. The lowest BCUT2D eigenvalue weighted by molar-refractivity contribution is 0.427. The van der Waals surface area contributed by atoms with Crippen LogP contribution in [0.4, 0.5) is 0 Å². The minimum atomic E-state index is 0.803. The molecule has 1 heteroatoms. The Kier molecular flexibility index (Phi) is 4.16. The minimum Gasteiger partial charge on any atom is -0.377 e. The smallest absolute Gasteiger partial charge is 0.151 e. The summed E-state index contributed by atoms with van der Waals surface area (Å²) in [6.45, 7) is 2.78. The van der Waals surface area contributed by atoms with Crippen LogP contribution in [-0.4, -0.2) is 5.11 Å². The summed E-state index contributed by atoms with van der Waals surface area (Å²) >= 11 is 0. The third-order valence-electron chi connectivity index (χ3n) is 0.343. The highest BCUT2D eigenvalue weighted by atomic mass is 16.2. The van der Waals surface area contributed by atoms with Crippen molar-refractivity contribution in [2.75, 3.05) is 0 Å². The maximum Gasteiger partial charge on any atom is 0.151 e. The number of hydrogen-bond acceptors (Lipinski definition) is 1. The summed E-state index contributed by atoms with van der Waals surface area (Å²) in [6, 6.07) is 0. The van der Waals surface area contributed by atoms with Gasteiger partial charge in [0.15, 0.2) is 6.61 Å². The summed E-state index contributed by atoms with van der Waals surface area (Å²) in [7, 11) is 0. The van der Waals surface area contributed by atoms with Gasteiger partial charge in [0.2, 0.25) is 0 Å². The van der Waals surface area contributed by atoms with E-state index in [1.807, 2.05) is 6.92 Å². The Morgan fingerprint density at radius 2 is 2.50 bits per heavy atom. The number of rotatable bonds is 0. The minimum absolute atomic E-state index is 0.803. The maximum atomic E-state index is 7.90. The van der Waals surface area contributed by atoms with Crippen molar-refractivity contribution in [3.8, 4) is 11.8 Å². The van der Waals surface area contributed by atoms with Crippen molar-refractivity contribution in [1.82, 2.24) is 0 Å². The predicted molar refractivity (Wildman–Crippen MR) is 24.3 cm³/mol. The molecule has 1 radical (unpaired) electrons. The second-order valence-corrected chi connectivity index (χ2v) is 0.804. The highest BCUT2D eigenvalue weighted by Crippen LogP contribution is 1.66. The van der Waals surface area contributed by atoms with Crippen molar-refractivity contribution < 1.29 is 5.11 Å². The lowest BCUT2D eigenvalue weighted by Crippen LogP contribution is -1.58. The monoisotopic (exact) mass is 83.0 g/mol. The number of aliphatic hydroxyl groups excluding tert-OH is 1. The van der Waals surface area contributed by atoms with Gasteiger partial charge in [-0.15, -0.1) is 5.92 Å². The average molecular weight is 83.1 g/mol. The van der Waals surface area contributed by atoms with Crippen LogP contribution in [0.2, 0.25) is 0 Å². The fraction of sp³-hybridized carbons (Fsp3) is 0.400. The average Bonchev–Trinajstić information content (AvgIpc) is 1.61. The summed E-state index contributed by atoms with van der Waals surface area (Å²) in [5.41, 5.74) is 0. The third-order valence-corrected chi connectivity index (χ3v) is 0.343. The molecule has 0 saturated carbocycles. The van der Waals surface area contributed by atoms with Crippen molar-refractivity contribution in [3.63, 3.8) is 0 Å². The molecular weight excluding hydrogens is 76.1 g/mol. The van der Waals surface area contributed by atoms with E-state index in [0.717, 1.165) is 13.0 Å². The Balaban J connectivity index is 2.90. The second-order valence-electron chi connectivity index (χ2n) is 0.804. The Bertz CT molecular complexity index is 57.7. The van der Waals surface area contributed by atoms with E-state index in [2.05, 4.69) is 11.8 Å². The molecular formula is C5H7O. The van der Waals surface area contributed by atoms with Crippen LogP contribution in [0, 0.1) is 18.4 Å². The van der Waals surface area contributed by atoms with E-state index in [1.54, 1.807) is 0 Å². The van der Waals surface area contributed by atoms with Gasteiger partial charge in [-0.2, -0.15) is 0 Å². The first kappa shape index (κ1) is 5.52. The number of aliphatic hydroxyl groups is 1. The Hall–Kier alpha value is -0.480. The third kappa shape index (κ3) is 3.52. The van der Waals surface area contributed by atoms with Crippen LogP contribution in [0.1, 0.15) is 13.3 Å². The molecule has 0 aromatic carbocycles. The molecule has 1 nitrogen and oxygen atoms in total. The van der Waals surface area contributed by atoms with Gasteiger partial charge in [-0.05, 0) is 0 Å². The summed E-state index contributed by atoms with van der Waals surface area (Å²) in [5, 5.41) is 7.90. The molecule has 33 valence electrons. The predicted octanol–water partition coefficient (Wildman–Crippen LogP) is 0.934. The first-order chi connectivity index (χ1) is 2.91. The first-order valence-electron chi connectivity index (χ1n) is 1.86. The zero-order chi connectivity index (χ0) is 4.83. The van der Waals surface area contributed by atoms with Gasteiger partial charge in [-0.1, -0.05) is 12.8 Å². The largest absolute Gasteiger partial charge is 0.377 e. The summed E-state index contributed by atoms with van der Waals surface area (Å²) in [6.07, 6.45) is 0.803. The Morgan fingerprint density at radius 1 is 1.83 bits per heavy atom. The Morgan fingerprint density at radius 3 is 2.67 bits per heavy atom. The molecule has 6 heavy (non-hydrogen) atoms. The Labute approximate surface area is 38.0 Å². The maximum absolute atomic E-state index is 7.90. The molecule has 0 rings (SSSR count). The zero-order valence-electron chi connectivity index (χ0n) is 3.73. The topological polar surface area (TPSA) is 20.2 Å². The SMILES string of the molecule is CCC#C[CH]O. The van der Waals surface area contributed by atoms with Crippen LogP contribution in [-0.2, 0) is 0 Å². The molecule has 0 spiro atoms. The highest BCUT2D eigenvalue weighted by Gasteiger charge is 1.57. The van der Waals surface area contributed by atoms with Gasteiger partial charge < -0.3 is 5.11 Å². The van der Waals surface area contributed by atoms with Gasteiger partial charge >= 0.3 is 0 Å². The molecule has 0 aliphatic rings. The van der Waals surface area contributed by atoms with Gasteiger partial charge in [0.05, 0.1) is 0 Å². The van der Waals surface area contributed by atoms with Crippen LogP contribution in [0.25, 0.3) is 0 Å². The van der Waals surface area contributed by atoms with Crippen LogP contribution in [0.3, 0.4) is 0 Å². The van der Waals surface area contributed by atoms with E-state index in [1.165, 1.54) is 0 Å². The summed E-state index contributed by atoms with van der Waals surface area (Å²) in [4.78, 5) is 0. The van der Waals surface area contributed by atoms with Crippen molar-refractivity contribution in [1.29, 1.82) is 0 Å². The molecule has 0 unspecified atom stereocenters. The van der Waals surface area contributed by atoms with Gasteiger partial charge in [0.1, 0.15) is 0 Å². The van der Waals surface area contributed by atoms with Gasteiger partial charge in [-0.25, -0.2) is 0 Å². The molecule has 0 aromatic heterocycles. The molecule has 1 N–H and O–H groups in total. The number of hydrogen-bond donors (Lipinski definition) is 1. The lowest BCUT2D eigenvalue weighted by Gasteiger charge is -1.64. The zero-order valence-corrected chi connectivity index (χ0v) is 3.73. The van der Waals surface area contributed by atoms with Crippen molar-refractivity contribution in [3.05, 3.63) is 6.61 Å². The standard InChI is InChI=1S/C5H7O/c1-2-3-4-5-6/h5-6H,2H2,1H3. The van der Waals surface area contributed by atoms with E-state index in [-0.39, 0.29) is 0 Å². The fourth-order valence-electron chi connectivity index (χ4n) is 0.148. The molecule has 0 aliphatic carbocycles. The molecule has 0 fully saturated rings. The van der Waals surface area contributed by atoms with Crippen LogP contribution < -0.4 is 0 Å². The molecule has 0 aromatic rings. The summed E-state index contributed by atoms with van der Waals surface area (Å²) in [5.74, 6) is 5.02.